The van der Waals surface area contributed by atoms with Gasteiger partial charge in [-0.05, 0) is 28.0 Å². The molecule has 3 nitrogen and oxygen atoms in total. The topological polar surface area (TPSA) is 52.8 Å². The van der Waals surface area contributed by atoms with E-state index in [1.54, 1.807) is 12.3 Å². The van der Waals surface area contributed by atoms with Gasteiger partial charge < -0.3 is 10.2 Å². The van der Waals surface area contributed by atoms with E-state index in [4.69, 9.17) is 0 Å². The van der Waals surface area contributed by atoms with Crippen molar-refractivity contribution in [2.45, 2.75) is 18.6 Å². The summed E-state index contributed by atoms with van der Waals surface area (Å²) in [6.07, 6.45) is 1.80. The molecule has 0 saturated carbocycles. The first-order chi connectivity index (χ1) is 11.2. The number of nitrogens with zero attached hydrogens (tertiary/aromatic N) is 1. The smallest absolute Gasteiger partial charge is 0.124 e. The van der Waals surface area contributed by atoms with Gasteiger partial charge in [0.2, 0.25) is 0 Å². The van der Waals surface area contributed by atoms with Crippen LogP contribution in [0, 0.1) is 0 Å². The summed E-state index contributed by atoms with van der Waals surface area (Å²) in [6.45, 7) is 0. The Bertz CT molecular complexity index is 901. The molecule has 0 aliphatic heterocycles. The normalized spacial score (nSPS) is 20.2. The molecule has 0 radical (unpaired) electrons. The largest absolute Gasteiger partial charge is 0.507 e. The van der Waals surface area contributed by atoms with Crippen molar-refractivity contribution >= 4 is 17.0 Å². The fourth-order valence-corrected chi connectivity index (χ4v) is 3.31. The van der Waals surface area contributed by atoms with Crippen LogP contribution in [0.5, 0.6) is 5.75 Å². The summed E-state index contributed by atoms with van der Waals surface area (Å²) in [5, 5.41) is 22.5. The van der Waals surface area contributed by atoms with Gasteiger partial charge in [0, 0.05) is 18.2 Å². The zero-order valence-corrected chi connectivity index (χ0v) is 12.6. The third-order valence-electron chi connectivity index (χ3n) is 4.48. The SMILES string of the molecule is Oc1ccc2ccccc2c1/C=N/[C@@H]1c2ccccc2C[C@@H]1O. The van der Waals surface area contributed by atoms with Gasteiger partial charge in [-0.1, -0.05) is 54.6 Å². The van der Waals surface area contributed by atoms with Crippen molar-refractivity contribution in [3.63, 3.8) is 0 Å². The summed E-state index contributed by atoms with van der Waals surface area (Å²) in [4.78, 5) is 4.59. The van der Waals surface area contributed by atoms with Crippen molar-refractivity contribution in [1.29, 1.82) is 0 Å². The summed E-state index contributed by atoms with van der Waals surface area (Å²) in [7, 11) is 0. The van der Waals surface area contributed by atoms with Gasteiger partial charge in [0.1, 0.15) is 11.8 Å². The third kappa shape index (κ3) is 2.39. The van der Waals surface area contributed by atoms with Crippen LogP contribution in [0.2, 0.25) is 0 Å². The van der Waals surface area contributed by atoms with E-state index in [9.17, 15) is 10.2 Å². The van der Waals surface area contributed by atoms with E-state index in [2.05, 4.69) is 4.99 Å². The van der Waals surface area contributed by atoms with Crippen LogP contribution in [0.25, 0.3) is 10.8 Å². The molecule has 3 aromatic carbocycles. The van der Waals surface area contributed by atoms with Crippen molar-refractivity contribution in [3.05, 3.63) is 77.4 Å². The quantitative estimate of drug-likeness (QED) is 0.710. The molecule has 23 heavy (non-hydrogen) atoms. The van der Waals surface area contributed by atoms with Gasteiger partial charge in [-0.15, -0.1) is 0 Å². The fraction of sp³-hybridized carbons (Fsp3) is 0.150. The molecule has 1 aliphatic carbocycles. The minimum atomic E-state index is -0.513. The molecule has 4 rings (SSSR count). The number of aliphatic imine (C=N–C) groups is 1. The second-order valence-corrected chi connectivity index (χ2v) is 5.91. The van der Waals surface area contributed by atoms with Gasteiger partial charge >= 0.3 is 0 Å². The second kappa shape index (κ2) is 5.52. The summed E-state index contributed by atoms with van der Waals surface area (Å²) in [6, 6.07) is 19.2. The number of phenolic OH excluding ortho intramolecular Hbond substituents is 1. The van der Waals surface area contributed by atoms with Crippen molar-refractivity contribution < 1.29 is 10.2 Å². The predicted molar refractivity (Wildman–Crippen MR) is 92.1 cm³/mol. The van der Waals surface area contributed by atoms with E-state index in [1.165, 1.54) is 0 Å². The lowest BCUT2D eigenvalue weighted by atomic mass is 10.0. The predicted octanol–water partition coefficient (Wildman–Crippen LogP) is 3.62. The van der Waals surface area contributed by atoms with Gasteiger partial charge in [-0.25, -0.2) is 0 Å². The number of hydrogen-bond donors (Lipinski definition) is 2. The van der Waals surface area contributed by atoms with Crippen molar-refractivity contribution in [1.82, 2.24) is 0 Å². The molecule has 3 aromatic rings. The van der Waals surface area contributed by atoms with Gasteiger partial charge in [0.25, 0.3) is 0 Å². The molecule has 2 atom stereocenters. The maximum Gasteiger partial charge on any atom is 0.124 e. The zero-order valence-electron chi connectivity index (χ0n) is 12.6. The van der Waals surface area contributed by atoms with Crippen LogP contribution in [0.4, 0.5) is 0 Å². The van der Waals surface area contributed by atoms with E-state index in [0.29, 0.717) is 12.0 Å². The standard InChI is InChI=1S/C20H17NO2/c22-18-10-9-13-5-1-3-7-15(13)17(18)12-21-20-16-8-4-2-6-14(16)11-19(20)23/h1-10,12,19-20,22-23H,11H2/b21-12+/t19-,20+/m0/s1. The summed E-state index contributed by atoms with van der Waals surface area (Å²) < 4.78 is 0. The number of aromatic hydroxyl groups is 1. The Morgan fingerprint density at radius 3 is 2.65 bits per heavy atom. The number of aliphatic hydroxyl groups is 1. The number of fused-ring (bicyclic) bond motifs is 2. The van der Waals surface area contributed by atoms with Crippen LogP contribution in [-0.4, -0.2) is 22.5 Å². The molecule has 0 unspecified atom stereocenters. The second-order valence-electron chi connectivity index (χ2n) is 5.91. The minimum Gasteiger partial charge on any atom is -0.507 e. The molecule has 0 fully saturated rings. The molecule has 0 aromatic heterocycles. The Balaban J connectivity index is 1.77. The van der Waals surface area contributed by atoms with Crippen LogP contribution in [0.15, 0.2) is 65.7 Å². The lowest BCUT2D eigenvalue weighted by Gasteiger charge is -2.11. The van der Waals surface area contributed by atoms with Crippen molar-refractivity contribution in [3.8, 4) is 5.75 Å². The Morgan fingerprint density at radius 2 is 1.74 bits per heavy atom. The van der Waals surface area contributed by atoms with Gasteiger partial charge in [0.05, 0.1) is 6.10 Å². The molecule has 0 heterocycles. The number of phenols is 1. The summed E-state index contributed by atoms with van der Waals surface area (Å²) >= 11 is 0. The lowest BCUT2D eigenvalue weighted by Crippen LogP contribution is -2.11. The zero-order chi connectivity index (χ0) is 15.8. The van der Waals surface area contributed by atoms with Crippen LogP contribution >= 0.6 is 0 Å². The lowest BCUT2D eigenvalue weighted by molar-refractivity contribution is 0.159. The monoisotopic (exact) mass is 303 g/mol. The van der Waals surface area contributed by atoms with E-state index in [0.717, 1.165) is 21.9 Å². The average molecular weight is 303 g/mol. The first kappa shape index (κ1) is 14.0. The highest BCUT2D eigenvalue weighted by Crippen LogP contribution is 2.35. The summed E-state index contributed by atoms with van der Waals surface area (Å²) in [5.41, 5.74) is 2.90. The fourth-order valence-electron chi connectivity index (χ4n) is 3.31. The highest BCUT2D eigenvalue weighted by atomic mass is 16.3. The third-order valence-corrected chi connectivity index (χ3v) is 4.48. The molecule has 114 valence electrons. The highest BCUT2D eigenvalue weighted by molar-refractivity contribution is 6.02. The molecular weight excluding hydrogens is 286 g/mol. The van der Waals surface area contributed by atoms with Crippen LogP contribution in [0.3, 0.4) is 0 Å². The Labute approximate surface area is 134 Å². The molecule has 3 heteroatoms. The van der Waals surface area contributed by atoms with E-state index in [-0.39, 0.29) is 11.8 Å². The first-order valence-corrected chi connectivity index (χ1v) is 7.74. The minimum absolute atomic E-state index is 0.202. The van der Waals surface area contributed by atoms with Crippen LogP contribution in [-0.2, 0) is 6.42 Å². The van der Waals surface area contributed by atoms with Gasteiger partial charge in [-0.3, -0.25) is 4.99 Å². The first-order valence-electron chi connectivity index (χ1n) is 7.74. The van der Waals surface area contributed by atoms with Crippen molar-refractivity contribution in [2.24, 2.45) is 4.99 Å². The highest BCUT2D eigenvalue weighted by Gasteiger charge is 2.29. The molecular formula is C20H17NO2. The summed E-state index contributed by atoms with van der Waals surface area (Å²) in [5.74, 6) is 0.202. The number of rotatable bonds is 2. The molecule has 0 amide bonds. The number of hydrogen-bond acceptors (Lipinski definition) is 3. The maximum absolute atomic E-state index is 10.3. The molecule has 0 saturated heterocycles. The number of aliphatic hydroxyl groups excluding tert-OH is 1. The maximum atomic E-state index is 10.3. The van der Waals surface area contributed by atoms with E-state index in [1.807, 2.05) is 54.6 Å². The van der Waals surface area contributed by atoms with Gasteiger partial charge in [0.15, 0.2) is 0 Å². The van der Waals surface area contributed by atoms with E-state index < -0.39 is 6.10 Å². The molecule has 0 bridgehead atoms. The molecule has 1 aliphatic rings. The Hall–Kier alpha value is -2.65. The average Bonchev–Trinajstić information content (AvgIpc) is 2.89. The van der Waals surface area contributed by atoms with Crippen LogP contribution in [0.1, 0.15) is 22.7 Å². The Kier molecular flexibility index (Phi) is 3.36. The van der Waals surface area contributed by atoms with Gasteiger partial charge in [-0.2, -0.15) is 0 Å². The Morgan fingerprint density at radius 1 is 0.957 bits per heavy atom. The molecule has 0 spiro atoms. The number of benzene rings is 3. The van der Waals surface area contributed by atoms with Crippen molar-refractivity contribution in [2.75, 3.05) is 0 Å². The van der Waals surface area contributed by atoms with Crippen LogP contribution < -0.4 is 0 Å². The van der Waals surface area contributed by atoms with E-state index >= 15 is 0 Å². The molecule has 2 N–H and O–H groups in total.